The highest BCUT2D eigenvalue weighted by molar-refractivity contribution is 6.30. The van der Waals surface area contributed by atoms with E-state index in [0.717, 1.165) is 25.1 Å². The van der Waals surface area contributed by atoms with Gasteiger partial charge in [0, 0.05) is 18.8 Å². The fraction of sp³-hybridized carbons (Fsp3) is 0.312. The van der Waals surface area contributed by atoms with Crippen molar-refractivity contribution in [3.63, 3.8) is 0 Å². The standard InChI is InChI=1S/C16H19ClN2O/c1-2-6-18-9-13-4-3-5-14(7-13)12-20-16-8-15(17)10-19-11-16/h3-5,7-8,10-11,18H,2,6,9,12H2,1H3. The Bertz CT molecular complexity index is 546. The van der Waals surface area contributed by atoms with Crippen LogP contribution in [0.5, 0.6) is 5.75 Å². The Hall–Kier alpha value is -1.58. The summed E-state index contributed by atoms with van der Waals surface area (Å²) in [6.07, 6.45) is 4.40. The lowest BCUT2D eigenvalue weighted by Crippen LogP contribution is -2.13. The fourth-order valence-corrected chi connectivity index (χ4v) is 2.04. The van der Waals surface area contributed by atoms with Gasteiger partial charge >= 0.3 is 0 Å². The van der Waals surface area contributed by atoms with Gasteiger partial charge in [0.05, 0.1) is 11.2 Å². The average molecular weight is 291 g/mol. The van der Waals surface area contributed by atoms with Crippen molar-refractivity contribution in [2.75, 3.05) is 6.54 Å². The van der Waals surface area contributed by atoms with Gasteiger partial charge in [-0.15, -0.1) is 0 Å². The zero-order valence-corrected chi connectivity index (χ0v) is 12.4. The molecule has 20 heavy (non-hydrogen) atoms. The molecule has 0 unspecified atom stereocenters. The van der Waals surface area contributed by atoms with E-state index in [1.165, 1.54) is 5.56 Å². The van der Waals surface area contributed by atoms with Crippen LogP contribution in [0.2, 0.25) is 5.02 Å². The highest BCUT2D eigenvalue weighted by Gasteiger charge is 1.99. The smallest absolute Gasteiger partial charge is 0.139 e. The van der Waals surface area contributed by atoms with Gasteiger partial charge in [0.1, 0.15) is 12.4 Å². The van der Waals surface area contributed by atoms with Crippen molar-refractivity contribution in [1.29, 1.82) is 0 Å². The van der Waals surface area contributed by atoms with Gasteiger partial charge in [-0.2, -0.15) is 0 Å². The van der Waals surface area contributed by atoms with E-state index in [0.29, 0.717) is 17.4 Å². The minimum absolute atomic E-state index is 0.518. The molecule has 2 aromatic rings. The summed E-state index contributed by atoms with van der Waals surface area (Å²) in [5, 5.41) is 3.97. The summed E-state index contributed by atoms with van der Waals surface area (Å²) >= 11 is 5.87. The van der Waals surface area contributed by atoms with Crippen LogP contribution < -0.4 is 10.1 Å². The molecule has 3 nitrogen and oxygen atoms in total. The third-order valence-electron chi connectivity index (χ3n) is 2.83. The van der Waals surface area contributed by atoms with Crippen molar-refractivity contribution in [3.05, 3.63) is 58.9 Å². The number of hydrogen-bond acceptors (Lipinski definition) is 3. The van der Waals surface area contributed by atoms with Gasteiger partial charge in [-0.3, -0.25) is 4.98 Å². The van der Waals surface area contributed by atoms with Crippen LogP contribution in [-0.2, 0) is 13.2 Å². The van der Waals surface area contributed by atoms with Crippen molar-refractivity contribution in [1.82, 2.24) is 10.3 Å². The predicted octanol–water partition coefficient (Wildman–Crippen LogP) is 3.81. The van der Waals surface area contributed by atoms with E-state index >= 15 is 0 Å². The zero-order chi connectivity index (χ0) is 14.2. The summed E-state index contributed by atoms with van der Waals surface area (Å²) in [6.45, 7) is 4.61. The summed E-state index contributed by atoms with van der Waals surface area (Å²) in [5.74, 6) is 0.687. The van der Waals surface area contributed by atoms with Crippen LogP contribution in [0.25, 0.3) is 0 Å². The van der Waals surface area contributed by atoms with Gasteiger partial charge in [-0.25, -0.2) is 0 Å². The number of aromatic nitrogens is 1. The van der Waals surface area contributed by atoms with Gasteiger partial charge < -0.3 is 10.1 Å². The summed E-state index contributed by atoms with van der Waals surface area (Å²) in [6, 6.07) is 10.1. The van der Waals surface area contributed by atoms with Crippen LogP contribution >= 0.6 is 11.6 Å². The Labute approximate surface area is 124 Å². The number of pyridine rings is 1. The molecular weight excluding hydrogens is 272 g/mol. The monoisotopic (exact) mass is 290 g/mol. The molecule has 0 aliphatic carbocycles. The van der Waals surface area contributed by atoms with E-state index in [-0.39, 0.29) is 0 Å². The van der Waals surface area contributed by atoms with Crippen molar-refractivity contribution in [2.45, 2.75) is 26.5 Å². The lowest BCUT2D eigenvalue weighted by Gasteiger charge is -2.08. The van der Waals surface area contributed by atoms with Crippen LogP contribution in [0.15, 0.2) is 42.7 Å². The number of nitrogens with zero attached hydrogens (tertiary/aromatic N) is 1. The summed E-state index contributed by atoms with van der Waals surface area (Å²) in [5.41, 5.74) is 2.41. The van der Waals surface area contributed by atoms with E-state index in [4.69, 9.17) is 16.3 Å². The average Bonchev–Trinajstić information content (AvgIpc) is 2.46. The first-order valence-corrected chi connectivity index (χ1v) is 7.17. The van der Waals surface area contributed by atoms with E-state index in [1.807, 2.05) is 0 Å². The summed E-state index contributed by atoms with van der Waals surface area (Å²) in [4.78, 5) is 4.00. The van der Waals surface area contributed by atoms with Crippen LogP contribution in [0.3, 0.4) is 0 Å². The fourth-order valence-electron chi connectivity index (χ4n) is 1.88. The van der Waals surface area contributed by atoms with Gasteiger partial charge in [-0.05, 0) is 24.1 Å². The van der Waals surface area contributed by atoms with E-state index < -0.39 is 0 Å². The topological polar surface area (TPSA) is 34.1 Å². The van der Waals surface area contributed by atoms with Crippen molar-refractivity contribution < 1.29 is 4.74 Å². The van der Waals surface area contributed by atoms with Gasteiger partial charge in [-0.1, -0.05) is 42.8 Å². The van der Waals surface area contributed by atoms with Gasteiger partial charge in [0.2, 0.25) is 0 Å². The molecule has 0 radical (unpaired) electrons. The number of rotatable bonds is 7. The molecule has 1 aromatic carbocycles. The molecule has 0 fully saturated rings. The molecule has 0 saturated heterocycles. The maximum Gasteiger partial charge on any atom is 0.139 e. The highest BCUT2D eigenvalue weighted by atomic mass is 35.5. The number of nitrogens with one attached hydrogen (secondary N) is 1. The highest BCUT2D eigenvalue weighted by Crippen LogP contribution is 2.17. The molecule has 0 amide bonds. The van der Waals surface area contributed by atoms with Crippen molar-refractivity contribution >= 4 is 11.6 Å². The number of ether oxygens (including phenoxy) is 1. The number of benzene rings is 1. The molecule has 0 bridgehead atoms. The maximum absolute atomic E-state index is 5.87. The summed E-state index contributed by atoms with van der Waals surface area (Å²) in [7, 11) is 0. The molecule has 1 N–H and O–H groups in total. The molecule has 106 valence electrons. The largest absolute Gasteiger partial charge is 0.487 e. The molecule has 4 heteroatoms. The molecular formula is C16H19ClN2O. The molecule has 1 heterocycles. The maximum atomic E-state index is 5.87. The first kappa shape index (κ1) is 14.8. The van der Waals surface area contributed by atoms with Crippen LogP contribution in [0, 0.1) is 0 Å². The Morgan fingerprint density at radius 3 is 2.85 bits per heavy atom. The lowest BCUT2D eigenvalue weighted by molar-refractivity contribution is 0.305. The molecule has 1 aromatic heterocycles. The summed E-state index contributed by atoms with van der Waals surface area (Å²) < 4.78 is 5.69. The number of hydrogen-bond donors (Lipinski definition) is 1. The molecule has 0 aliphatic heterocycles. The first-order chi connectivity index (χ1) is 9.78. The normalized spacial score (nSPS) is 10.5. The second-order valence-corrected chi connectivity index (χ2v) is 5.06. The van der Waals surface area contributed by atoms with Crippen molar-refractivity contribution in [2.24, 2.45) is 0 Å². The lowest BCUT2D eigenvalue weighted by atomic mass is 10.1. The zero-order valence-electron chi connectivity index (χ0n) is 11.6. The SMILES string of the molecule is CCCNCc1cccc(COc2cncc(Cl)c2)c1. The van der Waals surface area contributed by atoms with Crippen LogP contribution in [0.4, 0.5) is 0 Å². The third kappa shape index (κ3) is 4.83. The second kappa shape index (κ2) is 7.88. The van der Waals surface area contributed by atoms with E-state index in [2.05, 4.69) is 41.5 Å². The van der Waals surface area contributed by atoms with Gasteiger partial charge in [0.15, 0.2) is 0 Å². The number of halogens is 1. The molecule has 0 spiro atoms. The Morgan fingerprint density at radius 1 is 1.20 bits per heavy atom. The first-order valence-electron chi connectivity index (χ1n) is 6.80. The minimum Gasteiger partial charge on any atom is -0.487 e. The minimum atomic E-state index is 0.518. The third-order valence-corrected chi connectivity index (χ3v) is 3.04. The van der Waals surface area contributed by atoms with Gasteiger partial charge in [0.25, 0.3) is 0 Å². The predicted molar refractivity (Wildman–Crippen MR) is 82.0 cm³/mol. The van der Waals surface area contributed by atoms with Crippen molar-refractivity contribution in [3.8, 4) is 5.75 Å². The van der Waals surface area contributed by atoms with E-state index in [9.17, 15) is 0 Å². The van der Waals surface area contributed by atoms with Crippen LogP contribution in [-0.4, -0.2) is 11.5 Å². The van der Waals surface area contributed by atoms with Crippen LogP contribution in [0.1, 0.15) is 24.5 Å². The second-order valence-electron chi connectivity index (χ2n) is 4.62. The Balaban J connectivity index is 1.91. The Morgan fingerprint density at radius 2 is 2.05 bits per heavy atom. The molecule has 0 aliphatic rings. The molecule has 0 atom stereocenters. The quantitative estimate of drug-likeness (QED) is 0.787. The Kier molecular flexibility index (Phi) is 5.84. The van der Waals surface area contributed by atoms with E-state index in [1.54, 1.807) is 18.5 Å². The molecule has 2 rings (SSSR count). The molecule has 0 saturated carbocycles.